The molecule has 1 N–H and O–H groups in total. The molecule has 1 aromatic heterocycles. The van der Waals surface area contributed by atoms with Gasteiger partial charge in [-0.15, -0.1) is 0 Å². The first-order chi connectivity index (χ1) is 18.8. The van der Waals surface area contributed by atoms with E-state index in [1.807, 2.05) is 0 Å². The van der Waals surface area contributed by atoms with Crippen LogP contribution in [-0.4, -0.2) is 57.4 Å². The molecule has 0 aliphatic carbocycles. The number of amides is 2. The lowest BCUT2D eigenvalue weighted by molar-refractivity contribution is -0.120. The minimum absolute atomic E-state index is 0.0108. The summed E-state index contributed by atoms with van der Waals surface area (Å²) in [6.45, 7) is 0.173. The predicted molar refractivity (Wildman–Crippen MR) is 139 cm³/mol. The molecule has 1 aliphatic rings. The number of nitrogens with zero attached hydrogens (tertiary/aromatic N) is 2. The number of hydrogen-bond donors (Lipinski definition) is 1. The first kappa shape index (κ1) is 27.8. The van der Waals surface area contributed by atoms with Gasteiger partial charge in [0.15, 0.2) is 0 Å². The fourth-order valence-corrected chi connectivity index (χ4v) is 4.70. The van der Waals surface area contributed by atoms with E-state index in [-0.39, 0.29) is 43.2 Å². The van der Waals surface area contributed by atoms with E-state index in [4.69, 9.17) is 14.2 Å². The fourth-order valence-electron chi connectivity index (χ4n) is 4.70. The van der Waals surface area contributed by atoms with Crippen molar-refractivity contribution in [2.24, 2.45) is 5.92 Å². The van der Waals surface area contributed by atoms with Gasteiger partial charge in [-0.25, -0.2) is 8.78 Å². The van der Waals surface area contributed by atoms with Crippen LogP contribution in [-0.2, 0) is 16.1 Å². The molecule has 2 aromatic carbocycles. The summed E-state index contributed by atoms with van der Waals surface area (Å²) in [5.74, 6) is -4.26. The molecular weight excluding hydrogens is 512 g/mol. The van der Waals surface area contributed by atoms with Crippen LogP contribution in [0.5, 0.6) is 11.5 Å². The quantitative estimate of drug-likeness (QED) is 0.424. The maximum Gasteiger partial charge on any atom is 0.274 e. The molecule has 11 heteroatoms. The second kappa shape index (κ2) is 12.1. The zero-order valence-corrected chi connectivity index (χ0v) is 21.8. The highest BCUT2D eigenvalue weighted by molar-refractivity contribution is 5.99. The number of carbonyl (C=O) groups is 2. The van der Waals surface area contributed by atoms with E-state index in [0.717, 1.165) is 12.1 Å². The summed E-state index contributed by atoms with van der Waals surface area (Å²) in [5, 5.41) is 2.70. The number of hydrogen-bond acceptors (Lipinski definition) is 6. The minimum atomic E-state index is -1.04. The van der Waals surface area contributed by atoms with Crippen molar-refractivity contribution in [3.05, 3.63) is 87.8 Å². The van der Waals surface area contributed by atoms with Crippen molar-refractivity contribution in [1.29, 1.82) is 0 Å². The lowest BCUT2D eigenvalue weighted by Crippen LogP contribution is -2.38. The molecule has 0 spiro atoms. The van der Waals surface area contributed by atoms with Crippen LogP contribution in [0.15, 0.2) is 59.5 Å². The van der Waals surface area contributed by atoms with Gasteiger partial charge in [-0.1, -0.05) is 0 Å². The van der Waals surface area contributed by atoms with E-state index in [0.29, 0.717) is 11.3 Å². The van der Waals surface area contributed by atoms with E-state index in [2.05, 4.69) is 5.32 Å². The van der Waals surface area contributed by atoms with Crippen molar-refractivity contribution in [3.63, 3.8) is 0 Å². The number of nitrogens with one attached hydrogen (secondary N) is 1. The maximum absolute atomic E-state index is 15.2. The first-order valence-corrected chi connectivity index (χ1v) is 12.2. The highest BCUT2D eigenvalue weighted by atomic mass is 19.1. The van der Waals surface area contributed by atoms with Crippen LogP contribution in [0.4, 0.5) is 14.5 Å². The fraction of sp³-hybridized carbons (Fsp3) is 0.321. The second-order valence-electron chi connectivity index (χ2n) is 8.99. The Labute approximate surface area is 223 Å². The third kappa shape index (κ3) is 5.78. The number of aromatic nitrogens is 1. The number of methoxy groups -OCH3 is 3. The number of pyridine rings is 1. The van der Waals surface area contributed by atoms with Gasteiger partial charge in [0.25, 0.3) is 11.5 Å². The maximum atomic E-state index is 15.2. The van der Waals surface area contributed by atoms with Gasteiger partial charge in [0.2, 0.25) is 5.91 Å². The van der Waals surface area contributed by atoms with Crippen LogP contribution in [0.2, 0.25) is 0 Å². The molecule has 0 radical (unpaired) electrons. The number of anilines is 1. The Kier molecular flexibility index (Phi) is 8.60. The molecule has 1 fully saturated rings. The molecular formula is C28H29F2N3O6. The van der Waals surface area contributed by atoms with Gasteiger partial charge < -0.3 is 29.0 Å². The third-order valence-corrected chi connectivity index (χ3v) is 6.77. The Morgan fingerprint density at radius 2 is 1.67 bits per heavy atom. The summed E-state index contributed by atoms with van der Waals surface area (Å²) in [6, 6.07) is 11.5. The lowest BCUT2D eigenvalue weighted by Gasteiger charge is -2.19. The number of rotatable bonds is 10. The van der Waals surface area contributed by atoms with Crippen molar-refractivity contribution in [2.75, 3.05) is 45.9 Å². The Morgan fingerprint density at radius 1 is 1.00 bits per heavy atom. The largest absolute Gasteiger partial charge is 0.497 e. The molecule has 4 rings (SSSR count). The van der Waals surface area contributed by atoms with Gasteiger partial charge >= 0.3 is 0 Å². The van der Waals surface area contributed by atoms with Crippen molar-refractivity contribution < 1.29 is 32.6 Å². The molecule has 206 valence electrons. The number of ether oxygens (including phenoxy) is 3. The van der Waals surface area contributed by atoms with Gasteiger partial charge in [-0.05, 0) is 36.4 Å². The van der Waals surface area contributed by atoms with Gasteiger partial charge in [0, 0.05) is 62.1 Å². The van der Waals surface area contributed by atoms with E-state index in [1.54, 1.807) is 36.5 Å². The van der Waals surface area contributed by atoms with Gasteiger partial charge in [0.1, 0.15) is 28.8 Å². The van der Waals surface area contributed by atoms with Crippen molar-refractivity contribution in [3.8, 4) is 11.5 Å². The predicted octanol–water partition coefficient (Wildman–Crippen LogP) is 2.97. The summed E-state index contributed by atoms with van der Waals surface area (Å²) in [7, 11) is 4.30. The SMILES string of the molecule is COCCn1cccc(N2C[C@@H](c3c(F)cc(OC)cc3F)C(CNC(=O)c3ccc(OC)cc3)C2=O)c1=O. The monoisotopic (exact) mass is 541 g/mol. The van der Waals surface area contributed by atoms with Gasteiger partial charge in [-0.3, -0.25) is 14.4 Å². The highest BCUT2D eigenvalue weighted by Gasteiger charge is 2.45. The summed E-state index contributed by atoms with van der Waals surface area (Å²) in [4.78, 5) is 40.8. The van der Waals surface area contributed by atoms with Crippen LogP contribution in [0, 0.1) is 17.6 Å². The standard InChI is InChI=1S/C28H29F2N3O6/c1-37-12-11-32-10-4-5-24(28(32)36)33-16-21(25-22(29)13-19(39-3)14-23(25)30)20(27(33)35)15-31-26(34)17-6-8-18(38-2)9-7-17/h4-10,13-14,20-21H,11-12,15-16H2,1-3H3,(H,31,34)/t20?,21-/m1/s1. The molecule has 1 saturated heterocycles. The topological polar surface area (TPSA) is 99.1 Å². The van der Waals surface area contributed by atoms with Crippen molar-refractivity contribution >= 4 is 17.5 Å². The molecule has 0 bridgehead atoms. The molecule has 2 atom stereocenters. The van der Waals surface area contributed by atoms with Crippen molar-refractivity contribution in [1.82, 2.24) is 9.88 Å². The van der Waals surface area contributed by atoms with Crippen LogP contribution in [0.25, 0.3) is 0 Å². The second-order valence-corrected chi connectivity index (χ2v) is 8.99. The molecule has 1 aliphatic heterocycles. The Hall–Kier alpha value is -4.25. The van der Waals surface area contributed by atoms with Crippen LogP contribution < -0.4 is 25.2 Å². The zero-order valence-electron chi connectivity index (χ0n) is 21.8. The molecule has 2 amide bonds. The summed E-state index contributed by atoms with van der Waals surface area (Å²) >= 11 is 0. The van der Waals surface area contributed by atoms with Crippen molar-refractivity contribution in [2.45, 2.75) is 12.5 Å². The Balaban J connectivity index is 1.67. The van der Waals surface area contributed by atoms with Crippen LogP contribution in [0.3, 0.4) is 0 Å². The molecule has 1 unspecified atom stereocenters. The van der Waals surface area contributed by atoms with E-state index < -0.39 is 40.8 Å². The number of halogens is 2. The van der Waals surface area contributed by atoms with E-state index in [9.17, 15) is 14.4 Å². The third-order valence-electron chi connectivity index (χ3n) is 6.77. The average molecular weight is 542 g/mol. The summed E-state index contributed by atoms with van der Waals surface area (Å²) in [6.07, 6.45) is 1.57. The summed E-state index contributed by atoms with van der Waals surface area (Å²) in [5.41, 5.74) is -0.367. The molecule has 39 heavy (non-hydrogen) atoms. The Bertz CT molecular complexity index is 1390. The van der Waals surface area contributed by atoms with Gasteiger partial charge in [-0.2, -0.15) is 0 Å². The van der Waals surface area contributed by atoms with E-state index in [1.165, 1.54) is 36.9 Å². The average Bonchev–Trinajstić information content (AvgIpc) is 3.25. The van der Waals surface area contributed by atoms with Crippen LogP contribution in [0.1, 0.15) is 21.8 Å². The molecule has 0 saturated carbocycles. The number of carbonyl (C=O) groups excluding carboxylic acids is 2. The molecule has 3 aromatic rings. The molecule has 2 heterocycles. The smallest absolute Gasteiger partial charge is 0.274 e. The highest BCUT2D eigenvalue weighted by Crippen LogP contribution is 2.39. The Morgan fingerprint density at radius 3 is 2.28 bits per heavy atom. The van der Waals surface area contributed by atoms with E-state index >= 15 is 8.78 Å². The normalized spacial score (nSPS) is 16.8. The minimum Gasteiger partial charge on any atom is -0.497 e. The summed E-state index contributed by atoms with van der Waals surface area (Å²) < 4.78 is 46.8. The first-order valence-electron chi connectivity index (χ1n) is 12.2. The number of benzene rings is 2. The van der Waals surface area contributed by atoms with Gasteiger partial charge in [0.05, 0.1) is 26.7 Å². The van der Waals surface area contributed by atoms with Crippen LogP contribution >= 0.6 is 0 Å². The zero-order chi connectivity index (χ0) is 28.1. The lowest BCUT2D eigenvalue weighted by atomic mass is 9.87. The molecule has 9 nitrogen and oxygen atoms in total.